The Morgan fingerprint density at radius 1 is 1.32 bits per heavy atom. The lowest BCUT2D eigenvalue weighted by atomic mass is 10.2. The summed E-state index contributed by atoms with van der Waals surface area (Å²) in [6.45, 7) is 9.79. The Kier molecular flexibility index (Phi) is 9.14. The van der Waals surface area contributed by atoms with E-state index >= 15 is 0 Å². The van der Waals surface area contributed by atoms with Crippen LogP contribution in [0.4, 0.5) is 0 Å². The molecule has 6 heteroatoms. The molecule has 0 spiro atoms. The van der Waals surface area contributed by atoms with Gasteiger partial charge in [0.25, 0.3) is 0 Å². The first-order chi connectivity index (χ1) is 11.9. The van der Waals surface area contributed by atoms with E-state index in [0.717, 1.165) is 17.9 Å². The van der Waals surface area contributed by atoms with E-state index in [1.165, 1.54) is 0 Å². The predicted octanol–water partition coefficient (Wildman–Crippen LogP) is 2.03. The molecule has 138 valence electrons. The van der Waals surface area contributed by atoms with Gasteiger partial charge in [0.2, 0.25) is 5.91 Å². The molecule has 1 aromatic rings. The number of nitrogens with one attached hydrogen (secondary N) is 2. The number of likely N-dealkylation sites (N-methyl/N-ethyl adjacent to an activating group) is 1. The lowest BCUT2D eigenvalue weighted by Gasteiger charge is -2.16. The van der Waals surface area contributed by atoms with Crippen LogP contribution in [0.3, 0.4) is 0 Å². The molecule has 1 rings (SSSR count). The largest absolute Gasteiger partial charge is 0.489 e. The molecule has 0 bridgehead atoms. The van der Waals surface area contributed by atoms with Gasteiger partial charge >= 0.3 is 0 Å². The van der Waals surface area contributed by atoms with E-state index in [4.69, 9.17) is 4.74 Å². The molecule has 0 saturated carbocycles. The van der Waals surface area contributed by atoms with Crippen molar-refractivity contribution in [2.75, 3.05) is 33.8 Å². The Bertz CT molecular complexity index is 583. The normalized spacial score (nSPS) is 11.2. The van der Waals surface area contributed by atoms with Crippen LogP contribution in [0, 0.1) is 5.92 Å². The number of benzene rings is 1. The number of rotatable bonds is 9. The molecule has 0 atom stereocenters. The Labute approximate surface area is 151 Å². The Morgan fingerprint density at radius 3 is 2.68 bits per heavy atom. The molecule has 0 aliphatic heterocycles. The fourth-order valence-corrected chi connectivity index (χ4v) is 1.88. The highest BCUT2D eigenvalue weighted by Crippen LogP contribution is 2.18. The van der Waals surface area contributed by atoms with Crippen molar-refractivity contribution in [2.24, 2.45) is 10.9 Å². The van der Waals surface area contributed by atoms with Crippen LogP contribution < -0.4 is 15.4 Å². The van der Waals surface area contributed by atoms with Gasteiger partial charge < -0.3 is 20.3 Å². The maximum absolute atomic E-state index is 11.8. The van der Waals surface area contributed by atoms with Gasteiger partial charge in [0, 0.05) is 26.2 Å². The molecule has 0 unspecified atom stereocenters. The van der Waals surface area contributed by atoms with Crippen LogP contribution in [-0.2, 0) is 11.3 Å². The number of hydrogen-bond acceptors (Lipinski definition) is 3. The molecular weight excluding hydrogens is 316 g/mol. The third kappa shape index (κ3) is 8.24. The maximum Gasteiger partial charge on any atom is 0.241 e. The van der Waals surface area contributed by atoms with Crippen molar-refractivity contribution in [1.29, 1.82) is 0 Å². The highest BCUT2D eigenvalue weighted by Gasteiger charge is 2.07. The Morgan fingerprint density at radius 2 is 2.04 bits per heavy atom. The average molecular weight is 346 g/mol. The molecule has 0 heterocycles. The van der Waals surface area contributed by atoms with Crippen molar-refractivity contribution < 1.29 is 9.53 Å². The number of carbonyl (C=O) groups is 1. The van der Waals surface area contributed by atoms with Gasteiger partial charge in [-0.05, 0) is 12.0 Å². The highest BCUT2D eigenvalue weighted by molar-refractivity contribution is 5.86. The summed E-state index contributed by atoms with van der Waals surface area (Å²) in [7, 11) is 3.46. The summed E-state index contributed by atoms with van der Waals surface area (Å²) in [5.74, 6) is 1.87. The van der Waals surface area contributed by atoms with Crippen LogP contribution >= 0.6 is 0 Å². The van der Waals surface area contributed by atoms with Crippen molar-refractivity contribution in [1.82, 2.24) is 15.5 Å². The summed E-state index contributed by atoms with van der Waals surface area (Å²) in [5.41, 5.74) is 0.980. The van der Waals surface area contributed by atoms with Gasteiger partial charge in [-0.25, -0.2) is 4.99 Å². The highest BCUT2D eigenvalue weighted by atomic mass is 16.5. The van der Waals surface area contributed by atoms with Crippen LogP contribution in [0.5, 0.6) is 5.75 Å². The number of ether oxygens (including phenoxy) is 1. The van der Waals surface area contributed by atoms with Gasteiger partial charge in [-0.15, -0.1) is 0 Å². The molecular formula is C19H30N4O2. The van der Waals surface area contributed by atoms with Crippen molar-refractivity contribution in [2.45, 2.75) is 20.4 Å². The SMILES string of the molecule is C=CCOc1ccccc1CN=C(NCC(=O)N(C)C)NCC(C)C. The first-order valence-electron chi connectivity index (χ1n) is 8.48. The summed E-state index contributed by atoms with van der Waals surface area (Å²) < 4.78 is 5.66. The number of nitrogens with zero attached hydrogens (tertiary/aromatic N) is 2. The first-order valence-corrected chi connectivity index (χ1v) is 8.48. The van der Waals surface area contributed by atoms with E-state index in [2.05, 4.69) is 36.1 Å². The zero-order chi connectivity index (χ0) is 18.7. The quantitative estimate of drug-likeness (QED) is 0.408. The number of carbonyl (C=O) groups excluding carboxylic acids is 1. The lowest BCUT2D eigenvalue weighted by molar-refractivity contribution is -0.127. The maximum atomic E-state index is 11.8. The fourth-order valence-electron chi connectivity index (χ4n) is 1.88. The van der Waals surface area contributed by atoms with Crippen molar-refractivity contribution in [3.63, 3.8) is 0 Å². The molecule has 1 aromatic carbocycles. The molecule has 25 heavy (non-hydrogen) atoms. The van der Waals surface area contributed by atoms with Gasteiger partial charge in [0.1, 0.15) is 12.4 Å². The van der Waals surface area contributed by atoms with E-state index in [9.17, 15) is 4.79 Å². The Hall–Kier alpha value is -2.50. The number of para-hydroxylation sites is 1. The zero-order valence-corrected chi connectivity index (χ0v) is 15.7. The number of guanidine groups is 1. The smallest absolute Gasteiger partial charge is 0.241 e. The molecule has 1 amide bonds. The van der Waals surface area contributed by atoms with Crippen LogP contribution in [-0.4, -0.2) is 50.6 Å². The second kappa shape index (κ2) is 11.1. The summed E-state index contributed by atoms with van der Waals surface area (Å²) >= 11 is 0. The van der Waals surface area contributed by atoms with Crippen LogP contribution in [0.15, 0.2) is 41.9 Å². The minimum absolute atomic E-state index is 0.00577. The summed E-state index contributed by atoms with van der Waals surface area (Å²) in [5, 5.41) is 6.34. The van der Waals surface area contributed by atoms with Crippen molar-refractivity contribution in [3.05, 3.63) is 42.5 Å². The summed E-state index contributed by atoms with van der Waals surface area (Å²) in [4.78, 5) is 17.9. The molecule has 0 aliphatic rings. The third-order valence-electron chi connectivity index (χ3n) is 3.32. The second-order valence-corrected chi connectivity index (χ2v) is 6.29. The van der Waals surface area contributed by atoms with Crippen LogP contribution in [0.2, 0.25) is 0 Å². The van der Waals surface area contributed by atoms with Crippen molar-refractivity contribution in [3.8, 4) is 5.75 Å². The van der Waals surface area contributed by atoms with Gasteiger partial charge in [-0.1, -0.05) is 44.7 Å². The zero-order valence-electron chi connectivity index (χ0n) is 15.7. The van der Waals surface area contributed by atoms with Gasteiger partial charge in [0.05, 0.1) is 13.1 Å². The number of amides is 1. The van der Waals surface area contributed by atoms with Gasteiger partial charge in [0.15, 0.2) is 5.96 Å². The fraction of sp³-hybridized carbons (Fsp3) is 0.474. The minimum Gasteiger partial charge on any atom is -0.489 e. The third-order valence-corrected chi connectivity index (χ3v) is 3.32. The number of aliphatic imine (C=N–C) groups is 1. The van der Waals surface area contributed by atoms with E-state index < -0.39 is 0 Å². The molecule has 0 fully saturated rings. The van der Waals surface area contributed by atoms with Crippen molar-refractivity contribution >= 4 is 11.9 Å². The second-order valence-electron chi connectivity index (χ2n) is 6.29. The molecule has 0 aromatic heterocycles. The Balaban J connectivity index is 2.79. The predicted molar refractivity (Wildman–Crippen MR) is 103 cm³/mol. The number of hydrogen-bond donors (Lipinski definition) is 2. The topological polar surface area (TPSA) is 66.0 Å². The summed E-state index contributed by atoms with van der Waals surface area (Å²) in [6.07, 6.45) is 1.71. The van der Waals surface area contributed by atoms with Crippen LogP contribution in [0.1, 0.15) is 19.4 Å². The summed E-state index contributed by atoms with van der Waals surface area (Å²) in [6, 6.07) is 7.78. The van der Waals surface area contributed by atoms with E-state index in [1.54, 1.807) is 25.1 Å². The molecule has 0 radical (unpaired) electrons. The first kappa shape index (κ1) is 20.5. The molecule has 0 aliphatic carbocycles. The monoisotopic (exact) mass is 346 g/mol. The lowest BCUT2D eigenvalue weighted by Crippen LogP contribution is -2.44. The van der Waals surface area contributed by atoms with Crippen LogP contribution in [0.25, 0.3) is 0 Å². The van der Waals surface area contributed by atoms with E-state index in [1.807, 2.05) is 24.3 Å². The minimum atomic E-state index is -0.00577. The molecule has 0 saturated heterocycles. The average Bonchev–Trinajstić information content (AvgIpc) is 2.59. The van der Waals surface area contributed by atoms with Gasteiger partial charge in [-0.3, -0.25) is 4.79 Å². The van der Waals surface area contributed by atoms with Gasteiger partial charge in [-0.2, -0.15) is 0 Å². The van der Waals surface area contributed by atoms with E-state index in [0.29, 0.717) is 25.0 Å². The standard InChI is InChI=1S/C19H30N4O2/c1-6-11-25-17-10-8-7-9-16(17)13-21-19(20-12-15(2)3)22-14-18(24)23(4)5/h6-10,15H,1,11-14H2,2-5H3,(H2,20,21,22). The molecule has 2 N–H and O–H groups in total. The van der Waals surface area contributed by atoms with E-state index in [-0.39, 0.29) is 12.5 Å². The molecule has 6 nitrogen and oxygen atoms in total.